The Balaban J connectivity index is 2.32. The Hall–Kier alpha value is -2.09. The molecule has 2 aromatic rings. The van der Waals surface area contributed by atoms with Crippen LogP contribution in [0.5, 0.6) is 0 Å². The third-order valence-electron chi connectivity index (χ3n) is 3.10. The maximum absolute atomic E-state index is 11.9. The van der Waals surface area contributed by atoms with E-state index in [9.17, 15) is 13.2 Å². The number of anilines is 1. The summed E-state index contributed by atoms with van der Waals surface area (Å²) < 4.78 is 27.5. The van der Waals surface area contributed by atoms with Crippen molar-refractivity contribution in [1.82, 2.24) is 0 Å². The van der Waals surface area contributed by atoms with Crippen molar-refractivity contribution in [2.24, 2.45) is 5.14 Å². The van der Waals surface area contributed by atoms with Crippen LogP contribution >= 0.6 is 11.6 Å². The zero-order chi connectivity index (χ0) is 17.0. The number of ether oxygens (including phenoxy) is 1. The molecular formula is C15H15ClN2O4S. The van der Waals surface area contributed by atoms with Gasteiger partial charge in [0.1, 0.15) is 0 Å². The molecule has 0 amide bonds. The summed E-state index contributed by atoms with van der Waals surface area (Å²) in [7, 11) is -2.69. The summed E-state index contributed by atoms with van der Waals surface area (Å²) >= 11 is 5.92. The first-order valence-electron chi connectivity index (χ1n) is 6.55. The minimum atomic E-state index is -3.91. The van der Waals surface area contributed by atoms with Crippen LogP contribution in [0.2, 0.25) is 5.02 Å². The monoisotopic (exact) mass is 354 g/mol. The average Bonchev–Trinajstić information content (AvgIpc) is 2.51. The molecule has 0 radical (unpaired) electrons. The van der Waals surface area contributed by atoms with Crippen molar-refractivity contribution in [2.75, 3.05) is 12.4 Å². The number of hydrogen-bond donors (Lipinski definition) is 2. The summed E-state index contributed by atoms with van der Waals surface area (Å²) in [5, 5.41) is 8.74. The predicted molar refractivity (Wildman–Crippen MR) is 87.9 cm³/mol. The van der Waals surface area contributed by atoms with E-state index in [1.807, 2.05) is 12.1 Å². The van der Waals surface area contributed by atoms with Gasteiger partial charge in [-0.05, 0) is 35.9 Å². The molecule has 6 nitrogen and oxygen atoms in total. The topological polar surface area (TPSA) is 98.5 Å². The molecular weight excluding hydrogens is 340 g/mol. The summed E-state index contributed by atoms with van der Waals surface area (Å²) in [5.41, 5.74) is 1.43. The second-order valence-electron chi connectivity index (χ2n) is 4.73. The summed E-state index contributed by atoms with van der Waals surface area (Å²) in [5.74, 6) is -0.663. The number of halogens is 1. The molecule has 0 bridgehead atoms. The third kappa shape index (κ3) is 4.44. The molecule has 23 heavy (non-hydrogen) atoms. The van der Waals surface area contributed by atoms with E-state index in [1.165, 1.54) is 25.3 Å². The number of carbonyl (C=O) groups is 1. The van der Waals surface area contributed by atoms with Crippen LogP contribution in [0, 0.1) is 0 Å². The fourth-order valence-electron chi connectivity index (χ4n) is 1.98. The zero-order valence-corrected chi connectivity index (χ0v) is 13.8. The number of primary sulfonamides is 1. The summed E-state index contributed by atoms with van der Waals surface area (Å²) in [6.07, 6.45) is 0. The number of hydrogen-bond acceptors (Lipinski definition) is 5. The number of sulfonamides is 1. The van der Waals surface area contributed by atoms with Crippen LogP contribution < -0.4 is 10.5 Å². The lowest BCUT2D eigenvalue weighted by Gasteiger charge is -2.12. The maximum atomic E-state index is 11.9. The lowest BCUT2D eigenvalue weighted by Crippen LogP contribution is -2.15. The number of nitrogens with two attached hydrogens (primary N) is 1. The molecule has 0 saturated carbocycles. The van der Waals surface area contributed by atoms with Crippen LogP contribution in [0.25, 0.3) is 0 Å². The average molecular weight is 355 g/mol. The van der Waals surface area contributed by atoms with Gasteiger partial charge in [0.25, 0.3) is 0 Å². The van der Waals surface area contributed by atoms with Crippen molar-refractivity contribution < 1.29 is 17.9 Å². The fraction of sp³-hybridized carbons (Fsp3) is 0.133. The van der Waals surface area contributed by atoms with Crippen LogP contribution in [0.1, 0.15) is 15.9 Å². The number of benzene rings is 2. The van der Waals surface area contributed by atoms with Crippen molar-refractivity contribution in [3.05, 3.63) is 58.6 Å². The van der Waals surface area contributed by atoms with Crippen molar-refractivity contribution in [2.45, 2.75) is 11.4 Å². The molecule has 0 aliphatic rings. The first kappa shape index (κ1) is 17.3. The number of carbonyl (C=O) groups excluding carboxylic acids is 1. The van der Waals surface area contributed by atoms with E-state index in [4.69, 9.17) is 16.7 Å². The number of esters is 1. The molecule has 0 saturated heterocycles. The Kier molecular flexibility index (Phi) is 5.25. The van der Waals surface area contributed by atoms with Gasteiger partial charge >= 0.3 is 5.97 Å². The molecule has 0 heterocycles. The molecule has 122 valence electrons. The molecule has 0 aliphatic carbocycles. The molecule has 0 spiro atoms. The Morgan fingerprint density at radius 2 is 2.00 bits per heavy atom. The lowest BCUT2D eigenvalue weighted by atomic mass is 10.1. The van der Waals surface area contributed by atoms with Crippen molar-refractivity contribution in [1.29, 1.82) is 0 Å². The molecule has 2 aromatic carbocycles. The van der Waals surface area contributed by atoms with Gasteiger partial charge in [0.15, 0.2) is 0 Å². The Bertz CT molecular complexity index is 837. The normalized spacial score (nSPS) is 11.1. The highest BCUT2D eigenvalue weighted by Gasteiger charge is 2.17. The SMILES string of the molecule is COC(=O)c1cc(S(N)(=O)=O)ccc1NCc1cccc(Cl)c1. The largest absolute Gasteiger partial charge is 0.465 e. The maximum Gasteiger partial charge on any atom is 0.340 e. The van der Waals surface area contributed by atoms with Crippen molar-refractivity contribution in [3.63, 3.8) is 0 Å². The molecule has 0 unspecified atom stereocenters. The van der Waals surface area contributed by atoms with E-state index in [-0.39, 0.29) is 10.5 Å². The summed E-state index contributed by atoms with van der Waals surface area (Å²) in [4.78, 5) is 11.7. The molecule has 2 rings (SSSR count). The fourth-order valence-corrected chi connectivity index (χ4v) is 2.73. The van der Waals surface area contributed by atoms with E-state index >= 15 is 0 Å². The van der Waals surface area contributed by atoms with Crippen LogP contribution in [0.15, 0.2) is 47.4 Å². The second kappa shape index (κ2) is 6.99. The van der Waals surface area contributed by atoms with Gasteiger partial charge in [0.05, 0.1) is 17.6 Å². The zero-order valence-electron chi connectivity index (χ0n) is 12.2. The van der Waals surface area contributed by atoms with E-state index < -0.39 is 16.0 Å². The van der Waals surface area contributed by atoms with Crippen molar-refractivity contribution in [3.8, 4) is 0 Å². The van der Waals surface area contributed by atoms with Gasteiger partial charge in [0, 0.05) is 17.3 Å². The molecule has 0 fully saturated rings. The molecule has 8 heteroatoms. The minimum absolute atomic E-state index is 0.0843. The number of nitrogens with one attached hydrogen (secondary N) is 1. The van der Waals surface area contributed by atoms with E-state index in [0.29, 0.717) is 17.3 Å². The van der Waals surface area contributed by atoms with Gasteiger partial charge in [-0.15, -0.1) is 0 Å². The molecule has 3 N–H and O–H groups in total. The highest BCUT2D eigenvalue weighted by molar-refractivity contribution is 7.89. The third-order valence-corrected chi connectivity index (χ3v) is 4.24. The first-order chi connectivity index (χ1) is 10.8. The highest BCUT2D eigenvalue weighted by atomic mass is 35.5. The van der Waals surface area contributed by atoms with E-state index in [0.717, 1.165) is 5.56 Å². The lowest BCUT2D eigenvalue weighted by molar-refractivity contribution is 0.0601. The Morgan fingerprint density at radius 3 is 2.61 bits per heavy atom. The smallest absolute Gasteiger partial charge is 0.340 e. The summed E-state index contributed by atoms with van der Waals surface area (Å²) in [6, 6.07) is 11.2. The Labute approximate surface area is 139 Å². The van der Waals surface area contributed by atoms with Gasteiger partial charge in [-0.2, -0.15) is 0 Å². The second-order valence-corrected chi connectivity index (χ2v) is 6.73. The Morgan fingerprint density at radius 1 is 1.26 bits per heavy atom. The molecule has 0 aromatic heterocycles. The van der Waals surface area contributed by atoms with Crippen LogP contribution in [-0.4, -0.2) is 21.5 Å². The van der Waals surface area contributed by atoms with Crippen LogP contribution in [-0.2, 0) is 21.3 Å². The minimum Gasteiger partial charge on any atom is -0.465 e. The summed E-state index contributed by atoms with van der Waals surface area (Å²) in [6.45, 7) is 0.402. The van der Waals surface area contributed by atoms with Crippen LogP contribution in [0.4, 0.5) is 5.69 Å². The van der Waals surface area contributed by atoms with E-state index in [2.05, 4.69) is 10.1 Å². The van der Waals surface area contributed by atoms with Gasteiger partial charge in [0.2, 0.25) is 10.0 Å². The number of methoxy groups -OCH3 is 1. The number of rotatable bonds is 5. The van der Waals surface area contributed by atoms with Gasteiger partial charge in [-0.25, -0.2) is 18.4 Å². The molecule has 0 aliphatic heterocycles. The van der Waals surface area contributed by atoms with E-state index in [1.54, 1.807) is 12.1 Å². The molecule has 0 atom stereocenters. The van der Waals surface area contributed by atoms with Crippen LogP contribution in [0.3, 0.4) is 0 Å². The van der Waals surface area contributed by atoms with Gasteiger partial charge in [-0.1, -0.05) is 23.7 Å². The first-order valence-corrected chi connectivity index (χ1v) is 8.47. The highest BCUT2D eigenvalue weighted by Crippen LogP contribution is 2.22. The predicted octanol–water partition coefficient (Wildman–Crippen LogP) is 2.39. The quantitative estimate of drug-likeness (QED) is 0.803. The van der Waals surface area contributed by atoms with Gasteiger partial charge < -0.3 is 10.1 Å². The standard InChI is InChI=1S/C15H15ClN2O4S/c1-22-15(19)13-8-12(23(17,20)21)5-6-14(13)18-9-10-3-2-4-11(16)7-10/h2-8,18H,9H2,1H3,(H2,17,20,21). The van der Waals surface area contributed by atoms with Gasteiger partial charge in [-0.3, -0.25) is 0 Å². The van der Waals surface area contributed by atoms with Crippen molar-refractivity contribution >= 4 is 33.3 Å².